The molecule has 1 N–H and O–H groups in total. The molecule has 0 aromatic heterocycles. The normalized spacial score (nSPS) is 15.4. The lowest BCUT2D eigenvalue weighted by Gasteiger charge is -2.27. The van der Waals surface area contributed by atoms with Crippen molar-refractivity contribution in [2.45, 2.75) is 37.4 Å². The quantitative estimate of drug-likeness (QED) is 0.898. The molecule has 0 heterocycles. The number of nitrogens with one attached hydrogen (secondary N) is 1. The average Bonchev–Trinajstić information content (AvgIpc) is 2.36. The Kier molecular flexibility index (Phi) is 5.17. The molecule has 0 saturated heterocycles. The van der Waals surface area contributed by atoms with Crippen LogP contribution in [0.2, 0.25) is 5.02 Å². The Labute approximate surface area is 131 Å². The topological polar surface area (TPSA) is 70.0 Å². The Morgan fingerprint density at radius 3 is 2.27 bits per heavy atom. The second kappa shape index (κ2) is 6.07. The molecule has 0 unspecified atom stereocenters. The molecule has 1 rings (SSSR count). The van der Waals surface area contributed by atoms with Crippen molar-refractivity contribution in [1.29, 1.82) is 5.26 Å². The van der Waals surface area contributed by atoms with Gasteiger partial charge in [-0.1, -0.05) is 25.4 Å². The largest absolute Gasteiger partial charge is 0.417 e. The van der Waals surface area contributed by atoms with Crippen LogP contribution in [0.15, 0.2) is 23.1 Å². The van der Waals surface area contributed by atoms with Crippen LogP contribution in [0.1, 0.15) is 26.3 Å². The van der Waals surface area contributed by atoms with Crippen LogP contribution < -0.4 is 4.72 Å². The van der Waals surface area contributed by atoms with E-state index < -0.39 is 38.1 Å². The average molecular weight is 355 g/mol. The van der Waals surface area contributed by atoms with E-state index in [9.17, 15) is 21.6 Å². The van der Waals surface area contributed by atoms with Gasteiger partial charge in [0.15, 0.2) is 0 Å². The van der Waals surface area contributed by atoms with Crippen LogP contribution in [0.5, 0.6) is 0 Å². The van der Waals surface area contributed by atoms with Gasteiger partial charge in [-0.25, -0.2) is 8.42 Å². The summed E-state index contributed by atoms with van der Waals surface area (Å²) in [6.07, 6.45) is -4.89. The first-order valence-electron chi connectivity index (χ1n) is 6.15. The van der Waals surface area contributed by atoms with Gasteiger partial charge in [0, 0.05) is 5.02 Å². The van der Waals surface area contributed by atoms with Gasteiger partial charge < -0.3 is 0 Å². The number of hydrogen-bond donors (Lipinski definition) is 1. The molecule has 122 valence electrons. The summed E-state index contributed by atoms with van der Waals surface area (Å²) in [4.78, 5) is -0.966. The third-order valence-electron chi connectivity index (χ3n) is 3.27. The van der Waals surface area contributed by atoms with Gasteiger partial charge in [0.05, 0.1) is 16.5 Å². The Morgan fingerprint density at radius 1 is 1.32 bits per heavy atom. The Bertz CT molecular complexity index is 711. The van der Waals surface area contributed by atoms with Crippen molar-refractivity contribution in [3.05, 3.63) is 28.8 Å². The highest BCUT2D eigenvalue weighted by Crippen LogP contribution is 2.36. The first kappa shape index (κ1) is 18.7. The summed E-state index contributed by atoms with van der Waals surface area (Å²) in [5, 5.41) is 8.88. The SMILES string of the molecule is CC(C)[C@@](C)(C#N)NS(=O)(=O)c1ccc(Cl)cc1C(F)(F)F. The number of nitrogens with zero attached hydrogens (tertiary/aromatic N) is 1. The molecule has 0 saturated carbocycles. The molecule has 1 aromatic rings. The predicted octanol–water partition coefficient (Wildman–Crippen LogP) is 3.58. The highest BCUT2D eigenvalue weighted by atomic mass is 35.5. The molecule has 0 radical (unpaired) electrons. The zero-order valence-corrected chi connectivity index (χ0v) is 13.6. The molecule has 0 bridgehead atoms. The van der Waals surface area contributed by atoms with Gasteiger partial charge in [-0.3, -0.25) is 0 Å². The van der Waals surface area contributed by atoms with E-state index in [1.54, 1.807) is 19.9 Å². The maximum absolute atomic E-state index is 13.0. The van der Waals surface area contributed by atoms with E-state index in [0.717, 1.165) is 12.1 Å². The van der Waals surface area contributed by atoms with E-state index in [1.807, 2.05) is 4.72 Å². The lowest BCUT2D eigenvalue weighted by Crippen LogP contribution is -2.48. The van der Waals surface area contributed by atoms with Gasteiger partial charge in [-0.2, -0.15) is 23.2 Å². The van der Waals surface area contributed by atoms with Crippen molar-refractivity contribution >= 4 is 21.6 Å². The minimum atomic E-state index is -4.89. The Morgan fingerprint density at radius 2 is 1.86 bits per heavy atom. The van der Waals surface area contributed by atoms with Crippen LogP contribution in [-0.4, -0.2) is 14.0 Å². The lowest BCUT2D eigenvalue weighted by atomic mass is 9.92. The van der Waals surface area contributed by atoms with E-state index in [-0.39, 0.29) is 5.02 Å². The lowest BCUT2D eigenvalue weighted by molar-refractivity contribution is -0.139. The number of alkyl halides is 3. The summed E-state index contributed by atoms with van der Waals surface area (Å²) in [5.41, 5.74) is -2.92. The molecular weight excluding hydrogens is 341 g/mol. The molecule has 4 nitrogen and oxygen atoms in total. The number of benzene rings is 1. The minimum Gasteiger partial charge on any atom is -0.207 e. The zero-order valence-electron chi connectivity index (χ0n) is 12.0. The van der Waals surface area contributed by atoms with Crippen molar-refractivity contribution in [2.75, 3.05) is 0 Å². The number of hydrogen-bond acceptors (Lipinski definition) is 3. The maximum atomic E-state index is 13.0. The molecule has 0 amide bonds. The molecule has 0 fully saturated rings. The molecule has 1 aromatic carbocycles. The zero-order chi connectivity index (χ0) is 17.3. The Hall–Kier alpha value is -1.30. The van der Waals surface area contributed by atoms with Crippen LogP contribution in [0, 0.1) is 17.2 Å². The van der Waals surface area contributed by atoms with Gasteiger partial charge in [-0.15, -0.1) is 0 Å². The summed E-state index contributed by atoms with van der Waals surface area (Å²) in [6.45, 7) is 4.47. The van der Waals surface area contributed by atoms with Gasteiger partial charge in [0.1, 0.15) is 5.54 Å². The fraction of sp³-hybridized carbons (Fsp3) is 0.462. The molecule has 0 aliphatic heterocycles. The monoisotopic (exact) mass is 354 g/mol. The minimum absolute atomic E-state index is 0.238. The highest BCUT2D eigenvalue weighted by molar-refractivity contribution is 7.89. The Balaban J connectivity index is 3.46. The summed E-state index contributed by atoms with van der Waals surface area (Å²) in [5.74, 6) is -0.450. The van der Waals surface area contributed by atoms with E-state index in [4.69, 9.17) is 16.9 Å². The summed E-state index contributed by atoms with van der Waals surface area (Å²) >= 11 is 5.52. The predicted molar refractivity (Wildman–Crippen MR) is 75.6 cm³/mol. The van der Waals surface area contributed by atoms with E-state index in [0.29, 0.717) is 6.07 Å². The summed E-state index contributed by atoms with van der Waals surface area (Å²) < 4.78 is 65.7. The van der Waals surface area contributed by atoms with Crippen LogP contribution in [-0.2, 0) is 16.2 Å². The third kappa shape index (κ3) is 3.91. The van der Waals surface area contributed by atoms with Crippen LogP contribution in [0.3, 0.4) is 0 Å². The second-order valence-electron chi connectivity index (χ2n) is 5.21. The third-order valence-corrected chi connectivity index (χ3v) is 5.13. The highest BCUT2D eigenvalue weighted by Gasteiger charge is 2.40. The standard InChI is InChI=1S/C13H14ClF3N2O2S/c1-8(2)12(3,7-18)19-22(20,21)11-5-4-9(14)6-10(11)13(15,16)17/h4-6,8,19H,1-3H3/t12-/m1/s1. The van der Waals surface area contributed by atoms with Gasteiger partial charge >= 0.3 is 6.18 Å². The van der Waals surface area contributed by atoms with Crippen LogP contribution >= 0.6 is 11.6 Å². The summed E-state index contributed by atoms with van der Waals surface area (Å²) in [6, 6.07) is 4.13. The maximum Gasteiger partial charge on any atom is 0.417 e. The first-order valence-corrected chi connectivity index (χ1v) is 8.01. The molecule has 22 heavy (non-hydrogen) atoms. The molecule has 9 heteroatoms. The molecule has 0 aliphatic rings. The van der Waals surface area contributed by atoms with Crippen molar-refractivity contribution in [1.82, 2.24) is 4.72 Å². The van der Waals surface area contributed by atoms with E-state index in [1.165, 1.54) is 6.92 Å². The van der Waals surface area contributed by atoms with E-state index in [2.05, 4.69) is 0 Å². The second-order valence-corrected chi connectivity index (χ2v) is 7.30. The fourth-order valence-electron chi connectivity index (χ4n) is 1.56. The molecule has 1 atom stereocenters. The number of rotatable bonds is 4. The fourth-order valence-corrected chi connectivity index (χ4v) is 3.39. The van der Waals surface area contributed by atoms with Crippen LogP contribution in [0.4, 0.5) is 13.2 Å². The number of nitriles is 1. The number of sulfonamides is 1. The van der Waals surface area contributed by atoms with Crippen LogP contribution in [0.25, 0.3) is 0 Å². The van der Waals surface area contributed by atoms with Gasteiger partial charge in [-0.05, 0) is 31.0 Å². The van der Waals surface area contributed by atoms with Crippen molar-refractivity contribution < 1.29 is 21.6 Å². The van der Waals surface area contributed by atoms with Crippen molar-refractivity contribution in [2.24, 2.45) is 5.92 Å². The molecule has 0 aliphatic carbocycles. The van der Waals surface area contributed by atoms with Gasteiger partial charge in [0.25, 0.3) is 0 Å². The van der Waals surface area contributed by atoms with E-state index >= 15 is 0 Å². The smallest absolute Gasteiger partial charge is 0.207 e. The number of halogens is 4. The first-order chi connectivity index (χ1) is 9.83. The van der Waals surface area contributed by atoms with Crippen molar-refractivity contribution in [3.63, 3.8) is 0 Å². The molecule has 0 spiro atoms. The van der Waals surface area contributed by atoms with Crippen molar-refractivity contribution in [3.8, 4) is 6.07 Å². The summed E-state index contributed by atoms with van der Waals surface area (Å²) in [7, 11) is -4.56. The molecular formula is C13H14ClF3N2O2S. The van der Waals surface area contributed by atoms with Gasteiger partial charge in [0.2, 0.25) is 10.0 Å².